The van der Waals surface area contributed by atoms with Gasteiger partial charge in [0, 0.05) is 22.2 Å². The van der Waals surface area contributed by atoms with E-state index in [1.54, 1.807) is 54.9 Å². The summed E-state index contributed by atoms with van der Waals surface area (Å²) in [4.78, 5) is 30.3. The van der Waals surface area contributed by atoms with Gasteiger partial charge in [-0.05, 0) is 73.5 Å². The molecule has 0 saturated carbocycles. The molecule has 0 fully saturated rings. The molecule has 1 aliphatic rings. The predicted octanol–water partition coefficient (Wildman–Crippen LogP) is 6.47. The van der Waals surface area contributed by atoms with Gasteiger partial charge in [0.1, 0.15) is 11.9 Å². The molecule has 1 aromatic heterocycles. The smallest absolute Gasteiger partial charge is 0.338 e. The molecule has 0 bridgehead atoms. The molecule has 0 radical (unpaired) electrons. The Bertz CT molecular complexity index is 1570. The average Bonchev–Trinajstić information content (AvgIpc) is 3.35. The number of allylic oxidation sites excluding steroid dienone is 1. The zero-order valence-corrected chi connectivity index (χ0v) is 23.2. The van der Waals surface area contributed by atoms with Crippen LogP contribution in [0.1, 0.15) is 41.4 Å². The van der Waals surface area contributed by atoms with Crippen LogP contribution in [0.3, 0.4) is 0 Å². The average molecular weight is 578 g/mol. The number of carbonyl (C=O) groups excluding carboxylic acids is 2. The molecule has 2 N–H and O–H groups in total. The largest absolute Gasteiger partial charge is 0.462 e. The number of ether oxygens (including phenoxy) is 1. The van der Waals surface area contributed by atoms with Gasteiger partial charge in [-0.15, -0.1) is 5.10 Å². The SMILES string of the molecule is CCOC(=O)c1ccc(NC(=O)C2=C(C)Nc3nc(SCc4ccc(Cl)cc4)nn3[C@H]2c2ccc(F)cc2)cc1. The lowest BCUT2D eigenvalue weighted by molar-refractivity contribution is -0.113. The molecule has 5 rings (SSSR count). The Morgan fingerprint density at radius 3 is 2.45 bits per heavy atom. The Morgan fingerprint density at radius 1 is 1.07 bits per heavy atom. The standard InChI is InChI=1S/C29H25ClFN5O3S/c1-3-39-27(38)20-8-14-23(15-9-20)33-26(37)24-17(2)32-28-34-29(40-16-18-4-10-21(30)11-5-18)35-36(28)25(24)19-6-12-22(31)13-7-19/h4-15,25H,3,16H2,1-2H3,(H,33,37)(H,32,34,35)/t25-/m0/s1. The number of esters is 1. The summed E-state index contributed by atoms with van der Waals surface area (Å²) in [7, 11) is 0. The number of nitrogens with zero attached hydrogens (tertiary/aromatic N) is 3. The maximum atomic E-state index is 13.8. The van der Waals surface area contributed by atoms with Crippen molar-refractivity contribution in [2.75, 3.05) is 17.2 Å². The first kappa shape index (κ1) is 27.4. The number of hydrogen-bond donors (Lipinski definition) is 2. The maximum Gasteiger partial charge on any atom is 0.338 e. The van der Waals surface area contributed by atoms with E-state index in [0.717, 1.165) is 5.56 Å². The minimum Gasteiger partial charge on any atom is -0.462 e. The highest BCUT2D eigenvalue weighted by Crippen LogP contribution is 2.37. The van der Waals surface area contributed by atoms with Crippen molar-refractivity contribution in [3.05, 3.63) is 112 Å². The van der Waals surface area contributed by atoms with Crippen LogP contribution in [0.2, 0.25) is 5.02 Å². The van der Waals surface area contributed by atoms with E-state index in [4.69, 9.17) is 21.4 Å². The number of thioether (sulfide) groups is 1. The number of nitrogens with one attached hydrogen (secondary N) is 2. The first-order chi connectivity index (χ1) is 19.3. The van der Waals surface area contributed by atoms with Gasteiger partial charge < -0.3 is 15.4 Å². The van der Waals surface area contributed by atoms with Crippen LogP contribution in [0, 0.1) is 5.82 Å². The highest BCUT2D eigenvalue weighted by atomic mass is 35.5. The predicted molar refractivity (Wildman–Crippen MR) is 153 cm³/mol. The van der Waals surface area contributed by atoms with Crippen LogP contribution in [0.15, 0.2) is 89.2 Å². The van der Waals surface area contributed by atoms with E-state index in [1.807, 2.05) is 24.3 Å². The summed E-state index contributed by atoms with van der Waals surface area (Å²) in [5, 5.41) is 12.0. The van der Waals surface area contributed by atoms with Crippen molar-refractivity contribution in [1.82, 2.24) is 14.8 Å². The molecule has 0 saturated heterocycles. The summed E-state index contributed by atoms with van der Waals surface area (Å²) >= 11 is 7.44. The number of rotatable bonds is 8. The van der Waals surface area contributed by atoms with Crippen molar-refractivity contribution in [2.45, 2.75) is 30.8 Å². The Kier molecular flexibility index (Phi) is 8.18. The van der Waals surface area contributed by atoms with Crippen LogP contribution in [0.4, 0.5) is 16.0 Å². The second-order valence-electron chi connectivity index (χ2n) is 8.95. The quantitative estimate of drug-likeness (QED) is 0.183. The molecular formula is C29H25ClFN5O3S. The third-order valence-electron chi connectivity index (χ3n) is 6.20. The Morgan fingerprint density at radius 2 is 1.77 bits per heavy atom. The highest BCUT2D eigenvalue weighted by Gasteiger charge is 2.34. The van der Waals surface area contributed by atoms with E-state index in [0.29, 0.717) is 50.0 Å². The molecule has 4 aromatic rings. The molecule has 1 atom stereocenters. The zero-order chi connectivity index (χ0) is 28.2. The topological polar surface area (TPSA) is 98.1 Å². The van der Waals surface area contributed by atoms with E-state index in [-0.39, 0.29) is 18.3 Å². The van der Waals surface area contributed by atoms with Crippen LogP contribution in [0.25, 0.3) is 0 Å². The van der Waals surface area contributed by atoms with Crippen molar-refractivity contribution in [2.24, 2.45) is 0 Å². The summed E-state index contributed by atoms with van der Waals surface area (Å²) in [6, 6.07) is 19.3. The number of benzene rings is 3. The van der Waals surface area contributed by atoms with Gasteiger partial charge in [-0.2, -0.15) is 4.98 Å². The van der Waals surface area contributed by atoms with Crippen LogP contribution >= 0.6 is 23.4 Å². The summed E-state index contributed by atoms with van der Waals surface area (Å²) in [5.41, 5.74) is 3.60. The van der Waals surface area contributed by atoms with E-state index in [2.05, 4.69) is 15.6 Å². The van der Waals surface area contributed by atoms with Crippen molar-refractivity contribution in [1.29, 1.82) is 0 Å². The van der Waals surface area contributed by atoms with Gasteiger partial charge >= 0.3 is 5.97 Å². The molecule has 2 heterocycles. The zero-order valence-electron chi connectivity index (χ0n) is 21.7. The number of carbonyl (C=O) groups is 2. The number of anilines is 2. The first-order valence-corrected chi connectivity index (χ1v) is 13.8. The Hall–Kier alpha value is -4.15. The molecular weight excluding hydrogens is 553 g/mol. The second kappa shape index (κ2) is 11.9. The summed E-state index contributed by atoms with van der Waals surface area (Å²) in [6.07, 6.45) is 0. The van der Waals surface area contributed by atoms with Crippen LogP contribution < -0.4 is 10.6 Å². The molecule has 8 nitrogen and oxygen atoms in total. The maximum absolute atomic E-state index is 13.8. The van der Waals surface area contributed by atoms with Gasteiger partial charge in [0.2, 0.25) is 11.1 Å². The third kappa shape index (κ3) is 6.03. The lowest BCUT2D eigenvalue weighted by Crippen LogP contribution is -2.31. The lowest BCUT2D eigenvalue weighted by Gasteiger charge is -2.28. The highest BCUT2D eigenvalue weighted by molar-refractivity contribution is 7.98. The summed E-state index contributed by atoms with van der Waals surface area (Å²) in [5.74, 6) is -0.0940. The van der Waals surface area contributed by atoms with E-state index >= 15 is 0 Å². The summed E-state index contributed by atoms with van der Waals surface area (Å²) < 4.78 is 20.5. The molecule has 1 aliphatic heterocycles. The van der Waals surface area contributed by atoms with Crippen molar-refractivity contribution >= 4 is 46.9 Å². The number of aromatic nitrogens is 3. The molecule has 0 unspecified atom stereocenters. The van der Waals surface area contributed by atoms with Crippen molar-refractivity contribution in [3.8, 4) is 0 Å². The third-order valence-corrected chi connectivity index (χ3v) is 7.36. The van der Waals surface area contributed by atoms with E-state index < -0.39 is 12.0 Å². The van der Waals surface area contributed by atoms with E-state index in [1.165, 1.54) is 23.9 Å². The summed E-state index contributed by atoms with van der Waals surface area (Å²) in [6.45, 7) is 3.79. The molecule has 40 heavy (non-hydrogen) atoms. The second-order valence-corrected chi connectivity index (χ2v) is 10.3. The van der Waals surface area contributed by atoms with Gasteiger partial charge in [-0.3, -0.25) is 4.79 Å². The number of halogens is 2. The molecule has 0 spiro atoms. The Labute approximate surface area is 239 Å². The van der Waals surface area contributed by atoms with E-state index in [9.17, 15) is 14.0 Å². The van der Waals surface area contributed by atoms with Crippen LogP contribution in [0.5, 0.6) is 0 Å². The van der Waals surface area contributed by atoms with Gasteiger partial charge in [0.15, 0.2) is 0 Å². The molecule has 204 valence electrons. The first-order valence-electron chi connectivity index (χ1n) is 12.5. The molecule has 1 amide bonds. The minimum absolute atomic E-state index is 0.272. The fourth-order valence-electron chi connectivity index (χ4n) is 4.27. The fraction of sp³-hybridized carbons (Fsp3) is 0.172. The van der Waals surface area contributed by atoms with Gasteiger partial charge in [-0.25, -0.2) is 13.9 Å². The molecule has 0 aliphatic carbocycles. The van der Waals surface area contributed by atoms with Gasteiger partial charge in [0.25, 0.3) is 5.91 Å². The monoisotopic (exact) mass is 577 g/mol. The molecule has 11 heteroatoms. The Balaban J connectivity index is 1.42. The minimum atomic E-state index is -0.659. The fourth-order valence-corrected chi connectivity index (χ4v) is 5.18. The van der Waals surface area contributed by atoms with Crippen molar-refractivity contribution < 1.29 is 18.7 Å². The normalized spacial score (nSPS) is 14.3. The van der Waals surface area contributed by atoms with Crippen molar-refractivity contribution in [3.63, 3.8) is 0 Å². The van der Waals surface area contributed by atoms with Crippen LogP contribution in [-0.4, -0.2) is 33.2 Å². The number of amides is 1. The van der Waals surface area contributed by atoms with Gasteiger partial charge in [-0.1, -0.05) is 47.6 Å². The van der Waals surface area contributed by atoms with Crippen LogP contribution in [-0.2, 0) is 15.3 Å². The molecule has 3 aromatic carbocycles. The number of hydrogen-bond acceptors (Lipinski definition) is 7. The number of fused-ring (bicyclic) bond motifs is 1. The van der Waals surface area contributed by atoms with Gasteiger partial charge in [0.05, 0.1) is 17.7 Å². The lowest BCUT2D eigenvalue weighted by atomic mass is 9.95.